The number of carbonyl (C=O) groups excluding carboxylic acids is 1. The highest BCUT2D eigenvalue weighted by Crippen LogP contribution is 2.25. The first kappa shape index (κ1) is 17.0. The number of benzene rings is 2. The minimum Gasteiger partial charge on any atom is -0.305 e. The van der Waals surface area contributed by atoms with Crippen LogP contribution in [0.4, 0.5) is 5.82 Å². The van der Waals surface area contributed by atoms with Crippen LogP contribution in [-0.2, 0) is 19.5 Å². The second kappa shape index (κ2) is 7.43. The third-order valence-electron chi connectivity index (χ3n) is 4.58. The van der Waals surface area contributed by atoms with Crippen molar-refractivity contribution in [1.82, 2.24) is 15.1 Å². The van der Waals surface area contributed by atoms with Crippen LogP contribution in [0.1, 0.15) is 27.2 Å². The zero-order chi connectivity index (χ0) is 17.9. The average Bonchev–Trinajstić information content (AvgIpc) is 3.04. The van der Waals surface area contributed by atoms with Gasteiger partial charge < -0.3 is 5.32 Å². The number of amides is 1. The molecule has 0 spiro atoms. The molecule has 0 atom stereocenters. The van der Waals surface area contributed by atoms with Gasteiger partial charge in [0.25, 0.3) is 5.91 Å². The van der Waals surface area contributed by atoms with Gasteiger partial charge in [0.2, 0.25) is 0 Å². The first-order valence-corrected chi connectivity index (χ1v) is 9.37. The maximum Gasteiger partial charge on any atom is 0.256 e. The molecule has 132 valence electrons. The van der Waals surface area contributed by atoms with Crippen LogP contribution in [0.2, 0.25) is 0 Å². The highest BCUT2D eigenvalue weighted by atomic mass is 79.9. The van der Waals surface area contributed by atoms with Crippen LogP contribution >= 0.6 is 15.9 Å². The highest BCUT2D eigenvalue weighted by Gasteiger charge is 2.23. The summed E-state index contributed by atoms with van der Waals surface area (Å²) < 4.78 is 0.880. The molecule has 0 saturated heterocycles. The predicted molar refractivity (Wildman–Crippen MR) is 105 cm³/mol. The second-order valence-electron chi connectivity index (χ2n) is 6.44. The molecule has 0 unspecified atom stereocenters. The minimum atomic E-state index is -0.146. The molecule has 2 heterocycles. The van der Waals surface area contributed by atoms with Crippen LogP contribution in [0.3, 0.4) is 0 Å². The molecular formula is C20H19BrN4O. The summed E-state index contributed by atoms with van der Waals surface area (Å²) in [7, 11) is 0. The largest absolute Gasteiger partial charge is 0.305 e. The van der Waals surface area contributed by atoms with Crippen molar-refractivity contribution in [3.8, 4) is 0 Å². The molecule has 1 aromatic heterocycles. The minimum absolute atomic E-state index is 0.146. The van der Waals surface area contributed by atoms with Crippen molar-refractivity contribution < 1.29 is 4.79 Å². The van der Waals surface area contributed by atoms with Crippen LogP contribution in [0.25, 0.3) is 0 Å². The normalized spacial score (nSPS) is 14.0. The number of halogens is 1. The number of aromatic nitrogens is 2. The number of H-pyrrole nitrogens is 1. The van der Waals surface area contributed by atoms with Crippen LogP contribution in [0.5, 0.6) is 0 Å². The molecule has 1 aliphatic heterocycles. The Balaban J connectivity index is 1.45. The van der Waals surface area contributed by atoms with Crippen molar-refractivity contribution in [3.05, 3.63) is 81.5 Å². The first-order chi connectivity index (χ1) is 12.7. The van der Waals surface area contributed by atoms with Crippen LogP contribution in [0.15, 0.2) is 59.1 Å². The molecule has 1 aliphatic rings. The maximum atomic E-state index is 12.5. The van der Waals surface area contributed by atoms with E-state index in [0.29, 0.717) is 11.4 Å². The van der Waals surface area contributed by atoms with Gasteiger partial charge in [-0.1, -0.05) is 52.3 Å². The smallest absolute Gasteiger partial charge is 0.256 e. The number of nitrogens with one attached hydrogen (secondary N) is 2. The number of carbonyl (C=O) groups is 1. The quantitative estimate of drug-likeness (QED) is 0.683. The Bertz CT molecular complexity index is 923. The fraction of sp³-hybridized carbons (Fsp3) is 0.200. The van der Waals surface area contributed by atoms with E-state index in [2.05, 4.69) is 60.6 Å². The predicted octanol–water partition coefficient (Wildman–Crippen LogP) is 3.98. The van der Waals surface area contributed by atoms with E-state index in [0.717, 1.165) is 41.8 Å². The number of rotatable bonds is 4. The molecule has 0 bridgehead atoms. The molecule has 0 radical (unpaired) electrons. The van der Waals surface area contributed by atoms with Crippen molar-refractivity contribution >= 4 is 27.7 Å². The zero-order valence-corrected chi connectivity index (χ0v) is 15.8. The zero-order valence-electron chi connectivity index (χ0n) is 14.2. The summed E-state index contributed by atoms with van der Waals surface area (Å²) in [4.78, 5) is 14.8. The summed E-state index contributed by atoms with van der Waals surface area (Å²) in [5, 5.41) is 10.4. The van der Waals surface area contributed by atoms with Gasteiger partial charge in [-0.2, -0.15) is 5.10 Å². The SMILES string of the molecule is O=C(Nc1n[nH]c2c1CCN(Cc1ccccc1)C2)c1cccc(Br)c1. The van der Waals surface area contributed by atoms with Crippen molar-refractivity contribution in [2.45, 2.75) is 19.5 Å². The van der Waals surface area contributed by atoms with Crippen molar-refractivity contribution in [3.63, 3.8) is 0 Å². The van der Waals surface area contributed by atoms with Gasteiger partial charge >= 0.3 is 0 Å². The molecule has 0 fully saturated rings. The number of aromatic amines is 1. The second-order valence-corrected chi connectivity index (χ2v) is 7.36. The molecule has 5 nitrogen and oxygen atoms in total. The average molecular weight is 411 g/mol. The van der Waals surface area contributed by atoms with Gasteiger partial charge in [-0.05, 0) is 30.2 Å². The lowest BCUT2D eigenvalue weighted by Gasteiger charge is -2.26. The monoisotopic (exact) mass is 410 g/mol. The van der Waals surface area contributed by atoms with Crippen molar-refractivity contribution in [2.75, 3.05) is 11.9 Å². The summed E-state index contributed by atoms with van der Waals surface area (Å²) in [5.74, 6) is 0.497. The van der Waals surface area contributed by atoms with Gasteiger partial charge in [0.15, 0.2) is 5.82 Å². The van der Waals surface area contributed by atoms with E-state index in [4.69, 9.17) is 0 Å². The molecule has 3 aromatic rings. The molecule has 2 N–H and O–H groups in total. The van der Waals surface area contributed by atoms with E-state index < -0.39 is 0 Å². The fourth-order valence-electron chi connectivity index (χ4n) is 3.26. The van der Waals surface area contributed by atoms with E-state index in [-0.39, 0.29) is 5.91 Å². The maximum absolute atomic E-state index is 12.5. The number of anilines is 1. The van der Waals surface area contributed by atoms with Gasteiger partial charge in [0, 0.05) is 35.2 Å². The number of nitrogens with zero attached hydrogens (tertiary/aromatic N) is 2. The molecule has 0 saturated carbocycles. The summed E-state index contributed by atoms with van der Waals surface area (Å²) in [6, 6.07) is 17.8. The van der Waals surface area contributed by atoms with E-state index in [9.17, 15) is 4.79 Å². The molecule has 2 aromatic carbocycles. The van der Waals surface area contributed by atoms with Crippen molar-refractivity contribution in [2.24, 2.45) is 0 Å². The number of hydrogen-bond donors (Lipinski definition) is 2. The van der Waals surface area contributed by atoms with E-state index in [1.54, 1.807) is 12.1 Å². The highest BCUT2D eigenvalue weighted by molar-refractivity contribution is 9.10. The lowest BCUT2D eigenvalue weighted by molar-refractivity contribution is 0.102. The molecule has 26 heavy (non-hydrogen) atoms. The Morgan fingerprint density at radius 1 is 1.19 bits per heavy atom. The Morgan fingerprint density at radius 2 is 2.04 bits per heavy atom. The Morgan fingerprint density at radius 3 is 2.85 bits per heavy atom. The Labute approximate surface area is 160 Å². The summed E-state index contributed by atoms with van der Waals surface area (Å²) in [6.07, 6.45) is 0.868. The lowest BCUT2D eigenvalue weighted by atomic mass is 10.1. The van der Waals surface area contributed by atoms with Crippen LogP contribution in [0, 0.1) is 0 Å². The van der Waals surface area contributed by atoms with Gasteiger partial charge in [0.1, 0.15) is 0 Å². The summed E-state index contributed by atoms with van der Waals surface area (Å²) >= 11 is 3.39. The topological polar surface area (TPSA) is 61.0 Å². The lowest BCUT2D eigenvalue weighted by Crippen LogP contribution is -2.30. The Kier molecular flexibility index (Phi) is 4.86. The molecule has 0 aliphatic carbocycles. The van der Waals surface area contributed by atoms with E-state index >= 15 is 0 Å². The van der Waals surface area contributed by atoms with Gasteiger partial charge in [0.05, 0.1) is 5.69 Å². The van der Waals surface area contributed by atoms with Gasteiger partial charge in [-0.15, -0.1) is 0 Å². The standard InChI is InChI=1S/C20H19BrN4O/c21-16-8-4-7-15(11-16)20(26)22-19-17-9-10-25(13-18(17)23-24-19)12-14-5-2-1-3-6-14/h1-8,11H,9-10,12-13H2,(H2,22,23,24,26). The van der Waals surface area contributed by atoms with Crippen LogP contribution < -0.4 is 5.32 Å². The van der Waals surface area contributed by atoms with E-state index in [1.165, 1.54) is 5.56 Å². The van der Waals surface area contributed by atoms with Gasteiger partial charge in [-0.3, -0.25) is 14.8 Å². The first-order valence-electron chi connectivity index (χ1n) is 8.58. The van der Waals surface area contributed by atoms with Crippen molar-refractivity contribution in [1.29, 1.82) is 0 Å². The summed E-state index contributed by atoms with van der Waals surface area (Å²) in [5.41, 5.74) is 4.10. The summed E-state index contributed by atoms with van der Waals surface area (Å²) in [6.45, 7) is 2.67. The third kappa shape index (κ3) is 3.71. The van der Waals surface area contributed by atoms with Gasteiger partial charge in [-0.25, -0.2) is 0 Å². The Hall–Kier alpha value is -2.44. The number of fused-ring (bicyclic) bond motifs is 1. The third-order valence-corrected chi connectivity index (χ3v) is 5.07. The molecule has 6 heteroatoms. The fourth-order valence-corrected chi connectivity index (χ4v) is 3.66. The van der Waals surface area contributed by atoms with Crippen LogP contribution in [-0.4, -0.2) is 27.5 Å². The molecular weight excluding hydrogens is 392 g/mol. The molecule has 4 rings (SSSR count). The van der Waals surface area contributed by atoms with E-state index in [1.807, 2.05) is 18.2 Å². The number of hydrogen-bond acceptors (Lipinski definition) is 3. The molecule has 1 amide bonds.